The number of hydrogen-bond donors (Lipinski definition) is 2. The van der Waals surface area contributed by atoms with Crippen LogP contribution in [0.1, 0.15) is 40.9 Å². The number of nitrogens with two attached hydrogens (primary N) is 1. The summed E-state index contributed by atoms with van der Waals surface area (Å²) in [6, 6.07) is 7.75. The minimum Gasteiger partial charge on any atom is -0.369 e. The molecule has 1 aliphatic rings. The van der Waals surface area contributed by atoms with E-state index in [2.05, 4.69) is 27.1 Å². The average molecular weight is 568 g/mol. The topological polar surface area (TPSA) is 119 Å². The van der Waals surface area contributed by atoms with Gasteiger partial charge >= 0.3 is 6.18 Å². The van der Waals surface area contributed by atoms with E-state index in [0.29, 0.717) is 36.4 Å². The first-order valence-electron chi connectivity index (χ1n) is 12.1. The molecule has 3 aromatic heterocycles. The number of anilines is 2. The lowest BCUT2D eigenvalue weighted by Crippen LogP contribution is -2.26. The Labute approximate surface area is 231 Å². The lowest BCUT2D eigenvalue weighted by molar-refractivity contribution is -0.137. The summed E-state index contributed by atoms with van der Waals surface area (Å²) in [4.78, 5) is 39.5. The number of nitrogens with zero attached hydrogens (tertiary/aromatic N) is 5. The number of hydrogen-bond acceptors (Lipinski definition) is 6. The molecule has 1 fully saturated rings. The van der Waals surface area contributed by atoms with Crippen molar-refractivity contribution >= 4 is 40.7 Å². The standard InChI is InChI=1S/C27H21ClF3N7O2/c1-2-3-22(39)37-11-8-16(14-37)23-20-7-10-34-26(32)38(20)24(36-23)18-5-4-15(12-19(18)28)25(40)35-21-13-17(6-9-33-21)27(29,30)31/h4-7,9-10,12-13,16H,8,11,14H2,1H3,(H2,32,34)(H,33,35,40). The fourth-order valence-corrected chi connectivity index (χ4v) is 4.89. The van der Waals surface area contributed by atoms with Gasteiger partial charge in [-0.25, -0.2) is 15.0 Å². The number of imidazole rings is 1. The maximum atomic E-state index is 13.0. The molecule has 1 atom stereocenters. The van der Waals surface area contributed by atoms with Crippen LogP contribution in [0.3, 0.4) is 0 Å². The van der Waals surface area contributed by atoms with Gasteiger partial charge in [0.1, 0.15) is 11.6 Å². The molecule has 0 saturated carbocycles. The average Bonchev–Trinajstić information content (AvgIpc) is 3.55. The quantitative estimate of drug-likeness (QED) is 0.347. The van der Waals surface area contributed by atoms with Crippen LogP contribution in [0.2, 0.25) is 5.02 Å². The highest BCUT2D eigenvalue weighted by atomic mass is 35.5. The molecule has 4 heterocycles. The van der Waals surface area contributed by atoms with Crippen molar-refractivity contribution in [2.45, 2.75) is 25.4 Å². The van der Waals surface area contributed by atoms with Gasteiger partial charge in [-0.1, -0.05) is 17.5 Å². The van der Waals surface area contributed by atoms with Crippen molar-refractivity contribution in [3.8, 4) is 23.2 Å². The minimum atomic E-state index is -4.58. The van der Waals surface area contributed by atoms with Gasteiger partial charge in [-0.05, 0) is 55.7 Å². The molecule has 1 aromatic carbocycles. The van der Waals surface area contributed by atoms with Crippen molar-refractivity contribution < 1.29 is 22.8 Å². The predicted octanol–water partition coefficient (Wildman–Crippen LogP) is 4.64. The number of amides is 2. The number of likely N-dealkylation sites (tertiary alicyclic amines) is 1. The SMILES string of the molecule is CC#CC(=O)N1CCC(c2nc(-c3ccc(C(=O)Nc4cc(C(F)(F)F)ccn4)cc3Cl)n3c(N)nccc23)C1. The Morgan fingerprint density at radius 3 is 2.65 bits per heavy atom. The summed E-state index contributed by atoms with van der Waals surface area (Å²) in [6.07, 6.45) is -1.37. The van der Waals surface area contributed by atoms with Gasteiger partial charge in [0.05, 0.1) is 21.8 Å². The normalized spacial score (nSPS) is 15.1. The molecule has 0 aliphatic carbocycles. The molecule has 5 rings (SSSR count). The number of alkyl halides is 3. The Hall–Kier alpha value is -4.63. The molecule has 0 radical (unpaired) electrons. The van der Waals surface area contributed by atoms with Gasteiger partial charge in [0, 0.05) is 42.5 Å². The summed E-state index contributed by atoms with van der Waals surface area (Å²) in [7, 11) is 0. The van der Waals surface area contributed by atoms with Crippen molar-refractivity contribution in [1.82, 2.24) is 24.3 Å². The number of carbonyl (C=O) groups is 2. The van der Waals surface area contributed by atoms with Gasteiger partial charge in [-0.3, -0.25) is 14.0 Å². The van der Waals surface area contributed by atoms with E-state index in [1.54, 1.807) is 34.6 Å². The fraction of sp³-hybridized carbons (Fsp3) is 0.222. The lowest BCUT2D eigenvalue weighted by atomic mass is 10.0. The number of halogens is 4. The van der Waals surface area contributed by atoms with E-state index in [0.717, 1.165) is 24.0 Å². The maximum absolute atomic E-state index is 13.0. The van der Waals surface area contributed by atoms with Crippen LogP contribution >= 0.6 is 11.6 Å². The molecule has 1 unspecified atom stereocenters. The summed E-state index contributed by atoms with van der Waals surface area (Å²) in [5.41, 5.74) is 7.26. The number of fused-ring (bicyclic) bond motifs is 1. The van der Waals surface area contributed by atoms with E-state index in [4.69, 9.17) is 22.3 Å². The third kappa shape index (κ3) is 5.15. The second kappa shape index (κ2) is 10.5. The first-order chi connectivity index (χ1) is 19.1. The molecular formula is C27H21ClF3N7O2. The van der Waals surface area contributed by atoms with Gasteiger partial charge in [-0.2, -0.15) is 13.2 Å². The summed E-state index contributed by atoms with van der Waals surface area (Å²) in [6.45, 7) is 2.59. The number of nitrogen functional groups attached to an aromatic ring is 1. The summed E-state index contributed by atoms with van der Waals surface area (Å²) in [5.74, 6) is 4.49. The Morgan fingerprint density at radius 1 is 1.15 bits per heavy atom. The third-order valence-electron chi connectivity index (χ3n) is 6.50. The van der Waals surface area contributed by atoms with Crippen LogP contribution < -0.4 is 11.1 Å². The predicted molar refractivity (Wildman–Crippen MR) is 142 cm³/mol. The molecule has 0 spiro atoms. The molecule has 40 heavy (non-hydrogen) atoms. The monoisotopic (exact) mass is 567 g/mol. The molecule has 2 amide bonds. The molecule has 9 nitrogen and oxygen atoms in total. The summed E-state index contributed by atoms with van der Waals surface area (Å²) in [5, 5.41) is 2.52. The second-order valence-electron chi connectivity index (χ2n) is 9.03. The van der Waals surface area contributed by atoms with Crippen molar-refractivity contribution in [2.75, 3.05) is 24.1 Å². The lowest BCUT2D eigenvalue weighted by Gasteiger charge is -2.12. The van der Waals surface area contributed by atoms with E-state index < -0.39 is 17.6 Å². The smallest absolute Gasteiger partial charge is 0.369 e. The van der Waals surface area contributed by atoms with Crippen LogP contribution in [-0.4, -0.2) is 49.2 Å². The summed E-state index contributed by atoms with van der Waals surface area (Å²) >= 11 is 6.59. The minimum absolute atomic E-state index is 0.0723. The maximum Gasteiger partial charge on any atom is 0.416 e. The fourth-order valence-electron chi connectivity index (χ4n) is 4.62. The van der Waals surface area contributed by atoms with Crippen molar-refractivity contribution in [3.05, 3.63) is 70.6 Å². The van der Waals surface area contributed by atoms with Gasteiger partial charge in [-0.15, -0.1) is 0 Å². The molecule has 0 bridgehead atoms. The highest BCUT2D eigenvalue weighted by molar-refractivity contribution is 6.33. The van der Waals surface area contributed by atoms with Gasteiger partial charge in [0.15, 0.2) is 0 Å². The largest absolute Gasteiger partial charge is 0.416 e. The van der Waals surface area contributed by atoms with E-state index in [9.17, 15) is 22.8 Å². The molecule has 1 aliphatic heterocycles. The first-order valence-corrected chi connectivity index (χ1v) is 12.4. The van der Waals surface area contributed by atoms with Crippen LogP contribution in [0.15, 0.2) is 48.8 Å². The van der Waals surface area contributed by atoms with Crippen LogP contribution in [0.25, 0.3) is 16.9 Å². The van der Waals surface area contributed by atoms with E-state index >= 15 is 0 Å². The van der Waals surface area contributed by atoms with Gasteiger partial charge in [0.2, 0.25) is 5.95 Å². The Kier molecular flexibility index (Phi) is 7.08. The first kappa shape index (κ1) is 27.0. The Bertz CT molecular complexity index is 1710. The van der Waals surface area contributed by atoms with Gasteiger partial charge in [0.25, 0.3) is 11.8 Å². The molecule has 4 aromatic rings. The Morgan fingerprint density at radius 2 is 1.93 bits per heavy atom. The molecule has 1 saturated heterocycles. The van der Waals surface area contributed by atoms with E-state index in [1.165, 1.54) is 12.1 Å². The highest BCUT2D eigenvalue weighted by Crippen LogP contribution is 2.36. The molecule has 3 N–H and O–H groups in total. The zero-order chi connectivity index (χ0) is 28.6. The van der Waals surface area contributed by atoms with E-state index in [1.807, 2.05) is 0 Å². The molecular weight excluding hydrogens is 547 g/mol. The zero-order valence-corrected chi connectivity index (χ0v) is 21.7. The zero-order valence-electron chi connectivity index (χ0n) is 21.0. The van der Waals surface area contributed by atoms with Crippen molar-refractivity contribution in [1.29, 1.82) is 0 Å². The van der Waals surface area contributed by atoms with Crippen LogP contribution in [-0.2, 0) is 11.0 Å². The Balaban J connectivity index is 1.46. The van der Waals surface area contributed by atoms with Crippen LogP contribution in [0, 0.1) is 11.8 Å². The third-order valence-corrected chi connectivity index (χ3v) is 6.82. The number of pyridine rings is 1. The number of carbonyl (C=O) groups excluding carboxylic acids is 2. The second-order valence-corrected chi connectivity index (χ2v) is 9.44. The number of aromatic nitrogens is 4. The van der Waals surface area contributed by atoms with Crippen LogP contribution in [0.4, 0.5) is 24.9 Å². The number of nitrogens with one attached hydrogen (secondary N) is 1. The van der Waals surface area contributed by atoms with Crippen LogP contribution in [0.5, 0.6) is 0 Å². The highest BCUT2D eigenvalue weighted by Gasteiger charge is 2.32. The number of benzene rings is 1. The molecule has 13 heteroatoms. The van der Waals surface area contributed by atoms with Crippen molar-refractivity contribution in [2.24, 2.45) is 0 Å². The number of rotatable bonds is 4. The summed E-state index contributed by atoms with van der Waals surface area (Å²) < 4.78 is 40.7. The molecule has 204 valence electrons. The van der Waals surface area contributed by atoms with E-state index in [-0.39, 0.29) is 34.2 Å². The van der Waals surface area contributed by atoms with Gasteiger partial charge < -0.3 is 16.0 Å². The van der Waals surface area contributed by atoms with Crippen molar-refractivity contribution in [3.63, 3.8) is 0 Å².